The van der Waals surface area contributed by atoms with E-state index in [1.54, 1.807) is 0 Å². The lowest BCUT2D eigenvalue weighted by Gasteiger charge is -2.18. The fraction of sp³-hybridized carbons (Fsp3) is 0.733. The molecule has 0 saturated heterocycles. The molecule has 106 valence electrons. The SMILES string of the molecule is CCCC1(CNc2nc(C(C)C)nc(Cl)c2C)CC1. The average molecular weight is 282 g/mol. The molecule has 4 heteroatoms. The van der Waals surface area contributed by atoms with Gasteiger partial charge in [0, 0.05) is 18.0 Å². The molecule has 1 fully saturated rings. The van der Waals surface area contributed by atoms with Gasteiger partial charge in [-0.25, -0.2) is 9.97 Å². The summed E-state index contributed by atoms with van der Waals surface area (Å²) in [7, 11) is 0. The maximum Gasteiger partial charge on any atom is 0.137 e. The van der Waals surface area contributed by atoms with Gasteiger partial charge in [0.05, 0.1) is 0 Å². The van der Waals surface area contributed by atoms with Crippen LogP contribution in [0.3, 0.4) is 0 Å². The highest BCUT2D eigenvalue weighted by molar-refractivity contribution is 6.30. The van der Waals surface area contributed by atoms with E-state index in [2.05, 4.69) is 36.1 Å². The Kier molecular flexibility index (Phi) is 4.34. The third kappa shape index (κ3) is 3.38. The zero-order valence-corrected chi connectivity index (χ0v) is 13.1. The first kappa shape index (κ1) is 14.6. The highest BCUT2D eigenvalue weighted by Gasteiger charge is 2.41. The molecule has 0 spiro atoms. The van der Waals surface area contributed by atoms with Crippen LogP contribution in [-0.4, -0.2) is 16.5 Å². The summed E-state index contributed by atoms with van der Waals surface area (Å²) in [6.45, 7) is 9.42. The lowest BCUT2D eigenvalue weighted by molar-refractivity contribution is 0.485. The second kappa shape index (κ2) is 5.66. The number of hydrogen-bond donors (Lipinski definition) is 1. The average Bonchev–Trinajstić information content (AvgIpc) is 3.11. The van der Waals surface area contributed by atoms with Crippen LogP contribution in [-0.2, 0) is 0 Å². The van der Waals surface area contributed by atoms with Gasteiger partial charge in [-0.2, -0.15) is 0 Å². The number of hydrogen-bond acceptors (Lipinski definition) is 3. The highest BCUT2D eigenvalue weighted by Crippen LogP contribution is 2.49. The molecule has 0 aromatic carbocycles. The first-order chi connectivity index (χ1) is 8.97. The summed E-state index contributed by atoms with van der Waals surface area (Å²) in [6.07, 6.45) is 5.23. The van der Waals surface area contributed by atoms with Crippen molar-refractivity contribution in [1.82, 2.24) is 9.97 Å². The van der Waals surface area contributed by atoms with Gasteiger partial charge < -0.3 is 5.32 Å². The molecule has 0 aliphatic heterocycles. The van der Waals surface area contributed by atoms with E-state index in [4.69, 9.17) is 11.6 Å². The molecule has 0 atom stereocenters. The van der Waals surface area contributed by atoms with Crippen LogP contribution in [0, 0.1) is 12.3 Å². The number of anilines is 1. The third-order valence-electron chi connectivity index (χ3n) is 3.99. The van der Waals surface area contributed by atoms with Crippen molar-refractivity contribution in [1.29, 1.82) is 0 Å². The van der Waals surface area contributed by atoms with Gasteiger partial charge in [0.25, 0.3) is 0 Å². The van der Waals surface area contributed by atoms with Crippen molar-refractivity contribution in [3.8, 4) is 0 Å². The van der Waals surface area contributed by atoms with Gasteiger partial charge in [0.2, 0.25) is 0 Å². The van der Waals surface area contributed by atoms with Gasteiger partial charge in [-0.05, 0) is 31.6 Å². The second-order valence-corrected chi connectivity index (χ2v) is 6.46. The van der Waals surface area contributed by atoms with Crippen LogP contribution in [0.25, 0.3) is 0 Å². The summed E-state index contributed by atoms with van der Waals surface area (Å²) in [4.78, 5) is 8.96. The highest BCUT2D eigenvalue weighted by atomic mass is 35.5. The summed E-state index contributed by atoms with van der Waals surface area (Å²) < 4.78 is 0. The van der Waals surface area contributed by atoms with Crippen LogP contribution in [0.2, 0.25) is 5.15 Å². The van der Waals surface area contributed by atoms with E-state index in [1.807, 2.05) is 6.92 Å². The summed E-state index contributed by atoms with van der Waals surface area (Å²) >= 11 is 6.20. The maximum absolute atomic E-state index is 6.20. The monoisotopic (exact) mass is 281 g/mol. The van der Waals surface area contributed by atoms with E-state index in [9.17, 15) is 0 Å². The quantitative estimate of drug-likeness (QED) is 0.777. The maximum atomic E-state index is 6.20. The summed E-state index contributed by atoms with van der Waals surface area (Å²) in [6, 6.07) is 0. The van der Waals surface area contributed by atoms with Gasteiger partial charge in [-0.15, -0.1) is 0 Å². The van der Waals surface area contributed by atoms with Crippen molar-refractivity contribution in [3.63, 3.8) is 0 Å². The van der Waals surface area contributed by atoms with Gasteiger partial charge in [0.15, 0.2) is 0 Å². The van der Waals surface area contributed by atoms with Crippen molar-refractivity contribution in [3.05, 3.63) is 16.5 Å². The number of nitrogens with zero attached hydrogens (tertiary/aromatic N) is 2. The van der Waals surface area contributed by atoms with E-state index in [0.29, 0.717) is 16.5 Å². The van der Waals surface area contributed by atoms with Crippen LogP contribution in [0.4, 0.5) is 5.82 Å². The Morgan fingerprint density at radius 1 is 1.32 bits per heavy atom. The fourth-order valence-corrected chi connectivity index (χ4v) is 2.61. The normalized spacial score (nSPS) is 16.7. The Morgan fingerprint density at radius 3 is 2.53 bits per heavy atom. The van der Waals surface area contributed by atoms with Gasteiger partial charge in [0.1, 0.15) is 16.8 Å². The van der Waals surface area contributed by atoms with E-state index < -0.39 is 0 Å². The topological polar surface area (TPSA) is 37.8 Å². The lowest BCUT2D eigenvalue weighted by Crippen LogP contribution is -2.17. The van der Waals surface area contributed by atoms with Crippen LogP contribution in [0.5, 0.6) is 0 Å². The Labute approximate surface area is 121 Å². The standard InChI is InChI=1S/C15H24ClN3/c1-5-6-15(7-8-15)9-17-14-11(4)12(16)18-13(19-14)10(2)3/h10H,5-9H2,1-4H3,(H,17,18,19). The summed E-state index contributed by atoms with van der Waals surface area (Å²) in [5.41, 5.74) is 1.47. The largest absolute Gasteiger partial charge is 0.369 e. The van der Waals surface area contributed by atoms with Gasteiger partial charge in [-0.3, -0.25) is 0 Å². The molecule has 0 unspecified atom stereocenters. The molecule has 0 radical (unpaired) electrons. The smallest absolute Gasteiger partial charge is 0.137 e. The second-order valence-electron chi connectivity index (χ2n) is 6.10. The molecule has 1 aromatic heterocycles. The summed E-state index contributed by atoms with van der Waals surface area (Å²) in [5, 5.41) is 4.07. The van der Waals surface area contributed by atoms with Crippen molar-refractivity contribution in [2.45, 2.75) is 59.3 Å². The van der Waals surface area contributed by atoms with Crippen molar-refractivity contribution >= 4 is 17.4 Å². The van der Waals surface area contributed by atoms with E-state index in [-0.39, 0.29) is 0 Å². The molecule has 0 amide bonds. The molecule has 3 nitrogen and oxygen atoms in total. The zero-order valence-electron chi connectivity index (χ0n) is 12.4. The Hall–Kier alpha value is -0.830. The molecular weight excluding hydrogens is 258 g/mol. The number of nitrogens with one attached hydrogen (secondary N) is 1. The van der Waals surface area contributed by atoms with Crippen LogP contribution < -0.4 is 5.32 Å². The molecule has 1 aliphatic rings. The molecular formula is C15H24ClN3. The Bertz CT molecular complexity index is 453. The minimum atomic E-state index is 0.296. The van der Waals surface area contributed by atoms with Crippen molar-refractivity contribution < 1.29 is 0 Å². The number of rotatable bonds is 6. The lowest BCUT2D eigenvalue weighted by atomic mass is 10.0. The van der Waals surface area contributed by atoms with E-state index in [0.717, 1.165) is 23.8 Å². The molecule has 2 rings (SSSR count). The zero-order chi connectivity index (χ0) is 14.0. The molecule has 1 saturated carbocycles. The summed E-state index contributed by atoms with van der Waals surface area (Å²) in [5.74, 6) is 2.02. The molecule has 19 heavy (non-hydrogen) atoms. The van der Waals surface area contributed by atoms with E-state index >= 15 is 0 Å². The Morgan fingerprint density at radius 2 is 2.00 bits per heavy atom. The van der Waals surface area contributed by atoms with Crippen molar-refractivity contribution in [2.24, 2.45) is 5.41 Å². The van der Waals surface area contributed by atoms with Crippen LogP contribution in [0.15, 0.2) is 0 Å². The predicted octanol–water partition coefficient (Wildman–Crippen LogP) is 4.55. The Balaban J connectivity index is 2.11. The fourth-order valence-electron chi connectivity index (χ4n) is 2.43. The number of halogens is 1. The third-order valence-corrected chi connectivity index (χ3v) is 4.36. The molecule has 0 bridgehead atoms. The van der Waals surface area contributed by atoms with Gasteiger partial charge in [-0.1, -0.05) is 38.8 Å². The minimum Gasteiger partial charge on any atom is -0.369 e. The van der Waals surface area contributed by atoms with E-state index in [1.165, 1.54) is 25.7 Å². The molecule has 1 N–H and O–H groups in total. The molecule has 1 heterocycles. The predicted molar refractivity (Wildman–Crippen MR) is 80.9 cm³/mol. The van der Waals surface area contributed by atoms with Gasteiger partial charge >= 0.3 is 0 Å². The first-order valence-electron chi connectivity index (χ1n) is 7.25. The molecule has 1 aromatic rings. The molecule has 1 aliphatic carbocycles. The van der Waals surface area contributed by atoms with Crippen molar-refractivity contribution in [2.75, 3.05) is 11.9 Å². The minimum absolute atomic E-state index is 0.296. The first-order valence-corrected chi connectivity index (χ1v) is 7.63. The number of aromatic nitrogens is 2. The van der Waals surface area contributed by atoms with Crippen LogP contribution in [0.1, 0.15) is 63.8 Å². The van der Waals surface area contributed by atoms with Crippen LogP contribution >= 0.6 is 11.6 Å².